The summed E-state index contributed by atoms with van der Waals surface area (Å²) in [5, 5.41) is 2.88. The van der Waals surface area contributed by atoms with Crippen LogP contribution in [0.1, 0.15) is 36.0 Å². The third-order valence-electron chi connectivity index (χ3n) is 3.48. The van der Waals surface area contributed by atoms with Gasteiger partial charge in [-0.1, -0.05) is 29.3 Å². The maximum Gasteiger partial charge on any atom is 0.416 e. The van der Waals surface area contributed by atoms with E-state index in [1.54, 1.807) is 13.8 Å². The summed E-state index contributed by atoms with van der Waals surface area (Å²) in [6.45, 7) is 3.45. The van der Waals surface area contributed by atoms with E-state index < -0.39 is 17.1 Å². The van der Waals surface area contributed by atoms with Gasteiger partial charge in [0.1, 0.15) is 17.2 Å². The minimum Gasteiger partial charge on any atom is -0.366 e. The molecule has 1 aromatic carbocycles. The Labute approximate surface area is 158 Å². The molecule has 0 radical (unpaired) electrons. The topological polar surface area (TPSA) is 37.8 Å². The average molecular weight is 413 g/mol. The minimum atomic E-state index is -4.48. The summed E-state index contributed by atoms with van der Waals surface area (Å²) in [6, 6.07) is 3.36. The molecule has 2 aromatic rings. The highest BCUT2D eigenvalue weighted by Gasteiger charge is 2.33. The van der Waals surface area contributed by atoms with E-state index in [-0.39, 0.29) is 28.1 Å². The number of nitrogens with zero attached hydrogens (tertiary/aromatic N) is 2. The summed E-state index contributed by atoms with van der Waals surface area (Å²) in [6.07, 6.45) is -3.07. The molecule has 2 rings (SSSR count). The third-order valence-corrected chi connectivity index (χ3v) is 4.29. The highest BCUT2D eigenvalue weighted by atomic mass is 35.5. The van der Waals surface area contributed by atoms with Crippen LogP contribution in [0.5, 0.6) is 0 Å². The van der Waals surface area contributed by atoms with Crippen LogP contribution in [0.2, 0.25) is 10.0 Å². The van der Waals surface area contributed by atoms with Gasteiger partial charge in [0.05, 0.1) is 16.6 Å². The molecule has 0 fully saturated rings. The zero-order valence-corrected chi connectivity index (χ0v) is 15.6. The van der Waals surface area contributed by atoms with Crippen LogP contribution in [0.15, 0.2) is 24.5 Å². The molecule has 2 atom stereocenters. The number of rotatable bonds is 5. The number of hydrogen-bond acceptors (Lipinski definition) is 3. The maximum absolute atomic E-state index is 13.2. The lowest BCUT2D eigenvalue weighted by Crippen LogP contribution is -2.22. The minimum absolute atomic E-state index is 0.0382. The second kappa shape index (κ2) is 7.98. The summed E-state index contributed by atoms with van der Waals surface area (Å²) in [5.41, 5.74) is -0.166. The molecule has 9 heteroatoms. The molecule has 1 aromatic heterocycles. The van der Waals surface area contributed by atoms with Crippen molar-refractivity contribution in [2.24, 2.45) is 0 Å². The lowest BCUT2D eigenvalue weighted by Gasteiger charge is -2.19. The molecule has 0 saturated carbocycles. The van der Waals surface area contributed by atoms with Crippen molar-refractivity contribution in [2.45, 2.75) is 37.9 Å². The van der Waals surface area contributed by atoms with Crippen molar-refractivity contribution >= 4 is 40.6 Å². The molecular formula is C16H15Cl3F3N3. The van der Waals surface area contributed by atoms with Gasteiger partial charge in [-0.3, -0.25) is 0 Å². The Kier molecular flexibility index (Phi) is 6.40. The summed E-state index contributed by atoms with van der Waals surface area (Å²) in [7, 11) is 0. The number of benzene rings is 1. The Morgan fingerprint density at radius 1 is 1.16 bits per heavy atom. The zero-order chi connectivity index (χ0) is 18.8. The second-order valence-electron chi connectivity index (χ2n) is 5.59. The number of alkyl halides is 4. The van der Waals surface area contributed by atoms with Gasteiger partial charge >= 0.3 is 6.18 Å². The van der Waals surface area contributed by atoms with Crippen LogP contribution in [0.4, 0.5) is 19.0 Å². The predicted octanol–water partition coefficient (Wildman–Crippen LogP) is 6.15. The Balaban J connectivity index is 2.22. The quantitative estimate of drug-likeness (QED) is 0.599. The first kappa shape index (κ1) is 20.1. The smallest absolute Gasteiger partial charge is 0.366 e. The number of aromatic nitrogens is 2. The second-order valence-corrected chi connectivity index (χ2v) is 7.06. The fraction of sp³-hybridized carbons (Fsp3) is 0.375. The van der Waals surface area contributed by atoms with E-state index in [2.05, 4.69) is 15.3 Å². The van der Waals surface area contributed by atoms with Gasteiger partial charge < -0.3 is 5.32 Å². The maximum atomic E-state index is 13.2. The third kappa shape index (κ3) is 5.12. The molecule has 0 amide bonds. The summed E-state index contributed by atoms with van der Waals surface area (Å²) in [5.74, 6) is 0.328. The van der Waals surface area contributed by atoms with Gasteiger partial charge in [0.25, 0.3) is 0 Å². The largest absolute Gasteiger partial charge is 0.416 e. The van der Waals surface area contributed by atoms with Gasteiger partial charge in [0, 0.05) is 11.1 Å². The van der Waals surface area contributed by atoms with Crippen molar-refractivity contribution in [3.05, 3.63) is 51.4 Å². The van der Waals surface area contributed by atoms with Crippen molar-refractivity contribution in [3.8, 4) is 0 Å². The average Bonchev–Trinajstić information content (AvgIpc) is 2.50. The predicted molar refractivity (Wildman–Crippen MR) is 94.6 cm³/mol. The Hall–Kier alpha value is -1.24. The first-order valence-corrected chi connectivity index (χ1v) is 8.55. The zero-order valence-electron chi connectivity index (χ0n) is 13.3. The van der Waals surface area contributed by atoms with E-state index in [1.165, 1.54) is 18.5 Å². The van der Waals surface area contributed by atoms with E-state index in [0.717, 1.165) is 6.07 Å². The molecule has 0 bridgehead atoms. The lowest BCUT2D eigenvalue weighted by molar-refractivity contribution is -0.138. The van der Waals surface area contributed by atoms with Gasteiger partial charge in [-0.2, -0.15) is 13.2 Å². The van der Waals surface area contributed by atoms with Crippen LogP contribution < -0.4 is 5.32 Å². The van der Waals surface area contributed by atoms with E-state index in [9.17, 15) is 13.2 Å². The number of nitrogens with one attached hydrogen (secondary N) is 1. The molecule has 0 aliphatic carbocycles. The number of halogens is 6. The fourth-order valence-electron chi connectivity index (χ4n) is 2.37. The van der Waals surface area contributed by atoms with Gasteiger partial charge in [-0.05, 0) is 38.0 Å². The van der Waals surface area contributed by atoms with Crippen molar-refractivity contribution < 1.29 is 13.2 Å². The molecule has 0 aliphatic rings. The van der Waals surface area contributed by atoms with Crippen LogP contribution in [-0.2, 0) is 12.6 Å². The van der Waals surface area contributed by atoms with Crippen LogP contribution in [0.25, 0.3) is 0 Å². The van der Waals surface area contributed by atoms with Crippen molar-refractivity contribution in [1.29, 1.82) is 0 Å². The molecule has 25 heavy (non-hydrogen) atoms. The first-order valence-electron chi connectivity index (χ1n) is 7.36. The first-order chi connectivity index (χ1) is 11.6. The van der Waals surface area contributed by atoms with Crippen molar-refractivity contribution in [3.63, 3.8) is 0 Å². The normalized spacial score (nSPS) is 14.2. The summed E-state index contributed by atoms with van der Waals surface area (Å²) in [4.78, 5) is 8.04. The van der Waals surface area contributed by atoms with Gasteiger partial charge in [0.15, 0.2) is 0 Å². The fourth-order valence-corrected chi connectivity index (χ4v) is 3.08. The van der Waals surface area contributed by atoms with E-state index in [4.69, 9.17) is 34.8 Å². The van der Waals surface area contributed by atoms with Crippen molar-refractivity contribution in [2.75, 3.05) is 5.32 Å². The van der Waals surface area contributed by atoms with Crippen LogP contribution >= 0.6 is 34.8 Å². The molecule has 2 unspecified atom stereocenters. The highest BCUT2D eigenvalue weighted by Crippen LogP contribution is 2.35. The molecule has 136 valence electrons. The van der Waals surface area contributed by atoms with E-state index in [0.29, 0.717) is 11.5 Å². The molecule has 3 nitrogen and oxygen atoms in total. The molecule has 0 spiro atoms. The Bertz CT molecular complexity index is 751. The molecule has 0 aliphatic heterocycles. The van der Waals surface area contributed by atoms with Crippen LogP contribution in [0.3, 0.4) is 0 Å². The Morgan fingerprint density at radius 3 is 2.44 bits per heavy atom. The summed E-state index contributed by atoms with van der Waals surface area (Å²) < 4.78 is 39.5. The molecular weight excluding hydrogens is 398 g/mol. The monoisotopic (exact) mass is 411 g/mol. The lowest BCUT2D eigenvalue weighted by atomic mass is 10.0. The van der Waals surface area contributed by atoms with Crippen molar-refractivity contribution in [1.82, 2.24) is 9.97 Å². The van der Waals surface area contributed by atoms with Gasteiger partial charge in [0.2, 0.25) is 0 Å². The Morgan fingerprint density at radius 2 is 1.84 bits per heavy atom. The molecule has 0 saturated heterocycles. The number of anilines is 1. The molecule has 1 N–H and O–H groups in total. The van der Waals surface area contributed by atoms with Crippen LogP contribution in [0, 0.1) is 0 Å². The number of hydrogen-bond donors (Lipinski definition) is 1. The SMILES string of the molecule is CC(Cc1ccc(Cl)cc1C(F)(F)F)Nc1ncnc(C(C)Cl)c1Cl. The van der Waals surface area contributed by atoms with Gasteiger partial charge in [-0.25, -0.2) is 9.97 Å². The van der Waals surface area contributed by atoms with Gasteiger partial charge in [-0.15, -0.1) is 11.6 Å². The van der Waals surface area contributed by atoms with Crippen LogP contribution in [-0.4, -0.2) is 16.0 Å². The summed E-state index contributed by atoms with van der Waals surface area (Å²) >= 11 is 17.9. The highest BCUT2D eigenvalue weighted by molar-refractivity contribution is 6.34. The standard InChI is InChI=1S/C16H15Cl3F3N3/c1-8(25-15-13(19)14(9(2)17)23-7-24-15)5-10-3-4-11(18)6-12(10)16(20,21)22/h3-4,6-9H,5H2,1-2H3,(H,23,24,25). The van der Waals surface area contributed by atoms with E-state index in [1.807, 2.05) is 0 Å². The molecule has 1 heterocycles. The van der Waals surface area contributed by atoms with E-state index >= 15 is 0 Å².